The molecule has 2 aromatic carbocycles. The molecule has 0 fully saturated rings. The number of anilines is 1. The Morgan fingerprint density at radius 3 is 2.25 bits per heavy atom. The van der Waals surface area contributed by atoms with E-state index in [1.807, 2.05) is 19.9 Å². The zero-order valence-electron chi connectivity index (χ0n) is 11.7. The van der Waals surface area contributed by atoms with Gasteiger partial charge in [0.1, 0.15) is 5.75 Å². The van der Waals surface area contributed by atoms with E-state index in [-0.39, 0.29) is 4.90 Å². The Bertz CT molecular complexity index is 706. The van der Waals surface area contributed by atoms with E-state index in [0.29, 0.717) is 11.4 Å². The molecule has 0 atom stereocenters. The van der Waals surface area contributed by atoms with E-state index in [0.717, 1.165) is 11.1 Å². The zero-order valence-corrected chi connectivity index (χ0v) is 12.5. The molecular formula is C15H17NO3S. The Kier molecular flexibility index (Phi) is 3.99. The first-order chi connectivity index (χ1) is 9.42. The summed E-state index contributed by atoms with van der Waals surface area (Å²) in [6.45, 7) is 3.75. The maximum Gasteiger partial charge on any atom is 0.261 e. The van der Waals surface area contributed by atoms with E-state index >= 15 is 0 Å². The Morgan fingerprint density at radius 2 is 1.65 bits per heavy atom. The highest BCUT2D eigenvalue weighted by molar-refractivity contribution is 7.92. The maximum atomic E-state index is 12.3. The first-order valence-electron chi connectivity index (χ1n) is 6.16. The molecule has 0 spiro atoms. The van der Waals surface area contributed by atoms with Crippen LogP contribution in [0.5, 0.6) is 5.75 Å². The molecule has 0 radical (unpaired) electrons. The Hall–Kier alpha value is -2.01. The van der Waals surface area contributed by atoms with Gasteiger partial charge in [0.25, 0.3) is 10.0 Å². The van der Waals surface area contributed by atoms with Gasteiger partial charge in [-0.1, -0.05) is 23.8 Å². The molecule has 0 unspecified atom stereocenters. The summed E-state index contributed by atoms with van der Waals surface area (Å²) >= 11 is 0. The number of hydrogen-bond donors (Lipinski definition) is 1. The molecule has 1 N–H and O–H groups in total. The average molecular weight is 291 g/mol. The fourth-order valence-electron chi connectivity index (χ4n) is 1.76. The predicted octanol–water partition coefficient (Wildman–Crippen LogP) is 3.11. The smallest absolute Gasteiger partial charge is 0.261 e. The predicted molar refractivity (Wildman–Crippen MR) is 79.7 cm³/mol. The van der Waals surface area contributed by atoms with Gasteiger partial charge < -0.3 is 4.74 Å². The van der Waals surface area contributed by atoms with E-state index in [9.17, 15) is 8.42 Å². The third-order valence-corrected chi connectivity index (χ3v) is 4.40. The molecule has 2 rings (SSSR count). The molecule has 0 aromatic heterocycles. The van der Waals surface area contributed by atoms with Crippen molar-refractivity contribution >= 4 is 15.7 Å². The van der Waals surface area contributed by atoms with Gasteiger partial charge in [-0.25, -0.2) is 8.42 Å². The number of hydrogen-bond acceptors (Lipinski definition) is 3. The highest BCUT2D eigenvalue weighted by Gasteiger charge is 2.15. The van der Waals surface area contributed by atoms with Crippen LogP contribution in [0.4, 0.5) is 5.69 Å². The van der Waals surface area contributed by atoms with Crippen LogP contribution in [0.1, 0.15) is 11.1 Å². The van der Waals surface area contributed by atoms with E-state index in [1.165, 1.54) is 0 Å². The van der Waals surface area contributed by atoms with Crippen molar-refractivity contribution in [2.45, 2.75) is 18.7 Å². The third-order valence-electron chi connectivity index (χ3n) is 3.02. The van der Waals surface area contributed by atoms with Gasteiger partial charge in [-0.3, -0.25) is 4.72 Å². The monoisotopic (exact) mass is 291 g/mol. The van der Waals surface area contributed by atoms with Gasteiger partial charge >= 0.3 is 0 Å². The van der Waals surface area contributed by atoms with Crippen molar-refractivity contribution in [1.29, 1.82) is 0 Å². The van der Waals surface area contributed by atoms with Crippen LogP contribution in [0.2, 0.25) is 0 Å². The summed E-state index contributed by atoms with van der Waals surface area (Å²) in [4.78, 5) is 0.241. The normalized spacial score (nSPS) is 11.2. The summed E-state index contributed by atoms with van der Waals surface area (Å²) in [5.41, 5.74) is 2.37. The van der Waals surface area contributed by atoms with Crippen LogP contribution in [0.25, 0.3) is 0 Å². The molecule has 0 saturated carbocycles. The number of aryl methyl sites for hydroxylation is 2. The quantitative estimate of drug-likeness (QED) is 0.941. The van der Waals surface area contributed by atoms with Crippen LogP contribution in [-0.4, -0.2) is 15.5 Å². The number of sulfonamides is 1. The first kappa shape index (κ1) is 14.4. The summed E-state index contributed by atoms with van der Waals surface area (Å²) in [5, 5.41) is 0. The molecule has 0 aliphatic rings. The van der Waals surface area contributed by atoms with Gasteiger partial charge in [0.05, 0.1) is 17.7 Å². The zero-order chi connectivity index (χ0) is 14.8. The largest absolute Gasteiger partial charge is 0.497 e. The summed E-state index contributed by atoms with van der Waals surface area (Å²) in [6, 6.07) is 12.0. The van der Waals surface area contributed by atoms with Crippen molar-refractivity contribution in [2.24, 2.45) is 0 Å². The molecule has 2 aromatic rings. The summed E-state index contributed by atoms with van der Waals surface area (Å²) in [5.74, 6) is 0.609. The Morgan fingerprint density at radius 1 is 1.00 bits per heavy atom. The van der Waals surface area contributed by atoms with Crippen molar-refractivity contribution in [3.8, 4) is 5.75 Å². The summed E-state index contributed by atoms with van der Waals surface area (Å²) < 4.78 is 32.3. The van der Waals surface area contributed by atoms with Gasteiger partial charge in [-0.15, -0.1) is 0 Å². The fraction of sp³-hybridized carbons (Fsp3) is 0.200. The molecule has 0 aliphatic carbocycles. The Labute approximate surface area is 119 Å². The van der Waals surface area contributed by atoms with Crippen LogP contribution < -0.4 is 9.46 Å². The topological polar surface area (TPSA) is 55.4 Å². The number of rotatable bonds is 4. The molecule has 5 heteroatoms. The second-order valence-corrected chi connectivity index (χ2v) is 6.28. The number of benzene rings is 2. The van der Waals surface area contributed by atoms with Gasteiger partial charge in [0, 0.05) is 6.07 Å². The highest BCUT2D eigenvalue weighted by atomic mass is 32.2. The number of methoxy groups -OCH3 is 1. The minimum absolute atomic E-state index is 0.241. The highest BCUT2D eigenvalue weighted by Crippen LogP contribution is 2.24. The van der Waals surface area contributed by atoms with Crippen LogP contribution in [-0.2, 0) is 10.0 Å². The van der Waals surface area contributed by atoms with Gasteiger partial charge in [-0.05, 0) is 37.6 Å². The van der Waals surface area contributed by atoms with E-state index in [1.54, 1.807) is 43.5 Å². The number of nitrogens with one attached hydrogen (secondary N) is 1. The molecule has 106 valence electrons. The second-order valence-electron chi connectivity index (χ2n) is 4.60. The number of ether oxygens (including phenoxy) is 1. The van der Waals surface area contributed by atoms with Crippen molar-refractivity contribution in [3.05, 3.63) is 53.6 Å². The van der Waals surface area contributed by atoms with Crippen molar-refractivity contribution in [2.75, 3.05) is 11.8 Å². The summed E-state index contributed by atoms with van der Waals surface area (Å²) in [6.07, 6.45) is 0. The fourth-order valence-corrected chi connectivity index (χ4v) is 2.88. The van der Waals surface area contributed by atoms with Crippen molar-refractivity contribution < 1.29 is 13.2 Å². The van der Waals surface area contributed by atoms with Crippen molar-refractivity contribution in [1.82, 2.24) is 0 Å². The SMILES string of the molecule is COc1ccc(C)c(NS(=O)(=O)c2ccc(C)cc2)c1. The molecule has 0 heterocycles. The second kappa shape index (κ2) is 5.54. The minimum atomic E-state index is -3.58. The minimum Gasteiger partial charge on any atom is -0.497 e. The van der Waals surface area contributed by atoms with E-state index in [4.69, 9.17) is 4.74 Å². The lowest BCUT2D eigenvalue weighted by Crippen LogP contribution is -2.13. The van der Waals surface area contributed by atoms with Crippen LogP contribution >= 0.6 is 0 Å². The van der Waals surface area contributed by atoms with Crippen LogP contribution in [0.15, 0.2) is 47.4 Å². The maximum absolute atomic E-state index is 12.3. The molecule has 20 heavy (non-hydrogen) atoms. The van der Waals surface area contributed by atoms with Gasteiger partial charge in [0.2, 0.25) is 0 Å². The molecule has 0 bridgehead atoms. The summed E-state index contributed by atoms with van der Waals surface area (Å²) in [7, 11) is -2.04. The van der Waals surface area contributed by atoms with Crippen LogP contribution in [0, 0.1) is 13.8 Å². The van der Waals surface area contributed by atoms with Gasteiger partial charge in [-0.2, -0.15) is 0 Å². The molecule has 0 aliphatic heterocycles. The molecular weight excluding hydrogens is 274 g/mol. The molecule has 4 nitrogen and oxygen atoms in total. The molecule has 0 amide bonds. The third kappa shape index (κ3) is 3.11. The van der Waals surface area contributed by atoms with Crippen LogP contribution in [0.3, 0.4) is 0 Å². The van der Waals surface area contributed by atoms with E-state index in [2.05, 4.69) is 4.72 Å². The lowest BCUT2D eigenvalue weighted by Gasteiger charge is -2.12. The lowest BCUT2D eigenvalue weighted by atomic mass is 10.2. The standard InChI is InChI=1S/C15H17NO3S/c1-11-4-8-14(9-5-11)20(17,18)16-15-10-13(19-3)7-6-12(15)2/h4-10,16H,1-3H3. The lowest BCUT2D eigenvalue weighted by molar-refractivity contribution is 0.415. The molecule has 0 saturated heterocycles. The Balaban J connectivity index is 2.35. The first-order valence-corrected chi connectivity index (χ1v) is 7.65. The van der Waals surface area contributed by atoms with E-state index < -0.39 is 10.0 Å². The average Bonchev–Trinajstić information content (AvgIpc) is 2.41. The van der Waals surface area contributed by atoms with Gasteiger partial charge in [0.15, 0.2) is 0 Å². The van der Waals surface area contributed by atoms with Crippen molar-refractivity contribution in [3.63, 3.8) is 0 Å².